The molecule has 0 saturated carbocycles. The molecule has 0 bridgehead atoms. The van der Waals surface area contributed by atoms with Crippen LogP contribution in [0.3, 0.4) is 0 Å². The highest BCUT2D eigenvalue weighted by atomic mass is 16.5. The Labute approximate surface area is 173 Å². The average molecular weight is 403 g/mol. The first-order valence-corrected chi connectivity index (χ1v) is 9.72. The third-order valence-electron chi connectivity index (χ3n) is 4.47. The first-order chi connectivity index (χ1) is 14.7. The van der Waals surface area contributed by atoms with E-state index in [9.17, 15) is 4.79 Å². The third kappa shape index (κ3) is 3.96. The summed E-state index contributed by atoms with van der Waals surface area (Å²) >= 11 is 0. The summed E-state index contributed by atoms with van der Waals surface area (Å²) in [6, 6.07) is 18.6. The Hall–Kier alpha value is -3.87. The molecule has 0 spiro atoms. The molecular weight excluding hydrogens is 382 g/mol. The van der Waals surface area contributed by atoms with Gasteiger partial charge in [-0.05, 0) is 48.9 Å². The van der Waals surface area contributed by atoms with Crippen molar-refractivity contribution in [1.82, 2.24) is 10.2 Å². The zero-order valence-corrected chi connectivity index (χ0v) is 16.7. The Kier molecular flexibility index (Phi) is 5.61. The van der Waals surface area contributed by atoms with Gasteiger partial charge in [-0.25, -0.2) is 0 Å². The van der Waals surface area contributed by atoms with E-state index in [1.54, 1.807) is 24.3 Å². The highest BCUT2D eigenvalue weighted by molar-refractivity contribution is 6.12. The number of carbonyl (C=O) groups excluding carboxylic acids is 1. The maximum absolute atomic E-state index is 12.8. The third-order valence-corrected chi connectivity index (χ3v) is 4.47. The summed E-state index contributed by atoms with van der Waals surface area (Å²) in [5.41, 5.74) is 1.20. The normalized spacial score (nSPS) is 10.7. The van der Waals surface area contributed by atoms with Gasteiger partial charge >= 0.3 is 6.01 Å². The number of nitrogens with zero attached hydrogens (tertiary/aromatic N) is 2. The van der Waals surface area contributed by atoms with Crippen molar-refractivity contribution in [3.8, 4) is 23.0 Å². The van der Waals surface area contributed by atoms with E-state index in [1.807, 2.05) is 50.2 Å². The first kappa shape index (κ1) is 19.4. The highest BCUT2D eigenvalue weighted by Crippen LogP contribution is 2.33. The molecule has 1 N–H and O–H groups in total. The SMILES string of the molecule is CCOc1ccc(-c2nnc(NC(=O)c3cccc4ccccc34)o2)cc1OCC. The lowest BCUT2D eigenvalue weighted by molar-refractivity contribution is 0.102. The molecule has 30 heavy (non-hydrogen) atoms. The predicted molar refractivity (Wildman–Crippen MR) is 114 cm³/mol. The van der Waals surface area contributed by atoms with Crippen molar-refractivity contribution in [3.63, 3.8) is 0 Å². The van der Waals surface area contributed by atoms with Gasteiger partial charge in [0.15, 0.2) is 11.5 Å². The molecule has 4 aromatic rings. The van der Waals surface area contributed by atoms with E-state index in [-0.39, 0.29) is 17.8 Å². The van der Waals surface area contributed by atoms with Gasteiger partial charge in [0.05, 0.1) is 13.2 Å². The largest absolute Gasteiger partial charge is 0.490 e. The number of fused-ring (bicyclic) bond motifs is 1. The van der Waals surface area contributed by atoms with E-state index in [2.05, 4.69) is 15.5 Å². The molecule has 4 rings (SSSR count). The number of amides is 1. The summed E-state index contributed by atoms with van der Waals surface area (Å²) in [6.45, 7) is 4.84. The van der Waals surface area contributed by atoms with E-state index in [0.717, 1.165) is 10.8 Å². The minimum Gasteiger partial charge on any atom is -0.490 e. The van der Waals surface area contributed by atoms with Crippen molar-refractivity contribution in [3.05, 3.63) is 66.2 Å². The fourth-order valence-corrected chi connectivity index (χ4v) is 3.16. The number of nitrogens with one attached hydrogen (secondary N) is 1. The quantitative estimate of drug-likeness (QED) is 0.470. The molecule has 3 aromatic carbocycles. The zero-order chi connectivity index (χ0) is 20.9. The maximum atomic E-state index is 12.8. The lowest BCUT2D eigenvalue weighted by Gasteiger charge is -2.11. The molecule has 152 valence electrons. The van der Waals surface area contributed by atoms with Crippen LogP contribution in [0, 0.1) is 0 Å². The van der Waals surface area contributed by atoms with Gasteiger partial charge in [0.2, 0.25) is 5.89 Å². The molecular formula is C23H21N3O4. The fourth-order valence-electron chi connectivity index (χ4n) is 3.16. The molecule has 7 heteroatoms. The predicted octanol–water partition coefficient (Wildman–Crippen LogP) is 4.94. The van der Waals surface area contributed by atoms with Crippen LogP contribution in [0.25, 0.3) is 22.2 Å². The zero-order valence-electron chi connectivity index (χ0n) is 16.7. The number of anilines is 1. The molecule has 0 aliphatic heterocycles. The standard InChI is InChI=1S/C23H21N3O4/c1-3-28-19-13-12-16(14-20(19)29-4-2)22-25-26-23(30-22)24-21(27)18-11-7-9-15-8-5-6-10-17(15)18/h5-14H,3-4H2,1-2H3,(H,24,26,27). The van der Waals surface area contributed by atoms with Crippen LogP contribution >= 0.6 is 0 Å². The van der Waals surface area contributed by atoms with Crippen LogP contribution in [0.15, 0.2) is 65.1 Å². The Bertz CT molecular complexity index is 1180. The second kappa shape index (κ2) is 8.65. The highest BCUT2D eigenvalue weighted by Gasteiger charge is 2.16. The number of hydrogen-bond donors (Lipinski definition) is 1. The average Bonchev–Trinajstić information content (AvgIpc) is 3.23. The van der Waals surface area contributed by atoms with Crippen LogP contribution in [-0.2, 0) is 0 Å². The van der Waals surface area contributed by atoms with Gasteiger partial charge in [-0.1, -0.05) is 41.5 Å². The molecule has 1 aromatic heterocycles. The van der Waals surface area contributed by atoms with E-state index in [1.165, 1.54) is 0 Å². The Balaban J connectivity index is 1.57. The topological polar surface area (TPSA) is 86.5 Å². The van der Waals surface area contributed by atoms with Gasteiger partial charge < -0.3 is 13.9 Å². The number of ether oxygens (including phenoxy) is 2. The molecule has 1 heterocycles. The molecule has 0 atom stereocenters. The van der Waals surface area contributed by atoms with Crippen LogP contribution in [0.1, 0.15) is 24.2 Å². The van der Waals surface area contributed by atoms with E-state index in [4.69, 9.17) is 13.9 Å². The molecule has 0 saturated heterocycles. The van der Waals surface area contributed by atoms with Crippen molar-refractivity contribution in [2.24, 2.45) is 0 Å². The molecule has 0 aliphatic rings. The van der Waals surface area contributed by atoms with Crippen molar-refractivity contribution in [2.45, 2.75) is 13.8 Å². The van der Waals surface area contributed by atoms with Gasteiger partial charge in [-0.15, -0.1) is 5.10 Å². The minimum atomic E-state index is -0.316. The molecule has 0 radical (unpaired) electrons. The summed E-state index contributed by atoms with van der Waals surface area (Å²) in [7, 11) is 0. The summed E-state index contributed by atoms with van der Waals surface area (Å²) in [4.78, 5) is 12.8. The Morgan fingerprint density at radius 3 is 2.53 bits per heavy atom. The van der Waals surface area contributed by atoms with Crippen molar-refractivity contribution >= 4 is 22.7 Å². The monoisotopic (exact) mass is 403 g/mol. The van der Waals surface area contributed by atoms with Gasteiger partial charge in [0, 0.05) is 11.1 Å². The van der Waals surface area contributed by atoms with Gasteiger partial charge in [-0.2, -0.15) is 0 Å². The Morgan fingerprint density at radius 2 is 1.70 bits per heavy atom. The molecule has 0 unspecified atom stereocenters. The van der Waals surface area contributed by atoms with Crippen molar-refractivity contribution in [1.29, 1.82) is 0 Å². The van der Waals surface area contributed by atoms with Crippen LogP contribution in [0.5, 0.6) is 11.5 Å². The molecule has 0 aliphatic carbocycles. The van der Waals surface area contributed by atoms with Crippen molar-refractivity contribution in [2.75, 3.05) is 18.5 Å². The molecule has 1 amide bonds. The van der Waals surface area contributed by atoms with E-state index in [0.29, 0.717) is 35.8 Å². The lowest BCUT2D eigenvalue weighted by atomic mass is 10.0. The number of carbonyl (C=O) groups is 1. The smallest absolute Gasteiger partial charge is 0.322 e. The molecule has 7 nitrogen and oxygen atoms in total. The summed E-state index contributed by atoms with van der Waals surface area (Å²) in [5.74, 6) is 1.19. The first-order valence-electron chi connectivity index (χ1n) is 9.72. The summed E-state index contributed by atoms with van der Waals surface area (Å²) in [6.07, 6.45) is 0. The number of aromatic nitrogens is 2. The second-order valence-electron chi connectivity index (χ2n) is 6.42. The number of rotatable bonds is 7. The van der Waals surface area contributed by atoms with Crippen LogP contribution in [-0.4, -0.2) is 29.3 Å². The molecule has 0 fully saturated rings. The van der Waals surface area contributed by atoms with Crippen LogP contribution < -0.4 is 14.8 Å². The fraction of sp³-hybridized carbons (Fsp3) is 0.174. The van der Waals surface area contributed by atoms with E-state index >= 15 is 0 Å². The second-order valence-corrected chi connectivity index (χ2v) is 6.42. The maximum Gasteiger partial charge on any atom is 0.322 e. The van der Waals surface area contributed by atoms with Gasteiger partial charge in [-0.3, -0.25) is 10.1 Å². The van der Waals surface area contributed by atoms with E-state index < -0.39 is 0 Å². The minimum absolute atomic E-state index is 0.0229. The van der Waals surface area contributed by atoms with Crippen molar-refractivity contribution < 1.29 is 18.7 Å². The van der Waals surface area contributed by atoms with Crippen LogP contribution in [0.2, 0.25) is 0 Å². The Morgan fingerprint density at radius 1 is 0.933 bits per heavy atom. The number of benzene rings is 3. The van der Waals surface area contributed by atoms with Crippen LogP contribution in [0.4, 0.5) is 6.01 Å². The summed E-state index contributed by atoms with van der Waals surface area (Å²) in [5, 5.41) is 12.5. The van der Waals surface area contributed by atoms with Gasteiger partial charge in [0.1, 0.15) is 0 Å². The lowest BCUT2D eigenvalue weighted by Crippen LogP contribution is -2.12. The summed E-state index contributed by atoms with van der Waals surface area (Å²) < 4.78 is 16.9. The number of hydrogen-bond acceptors (Lipinski definition) is 6. The van der Waals surface area contributed by atoms with Gasteiger partial charge in [0.25, 0.3) is 5.91 Å².